The fourth-order valence-electron chi connectivity index (χ4n) is 2.43. The van der Waals surface area contributed by atoms with Crippen LogP contribution in [0.5, 0.6) is 0 Å². The van der Waals surface area contributed by atoms with Crippen LogP contribution in [0.2, 0.25) is 0 Å². The summed E-state index contributed by atoms with van der Waals surface area (Å²) in [7, 11) is 0. The molecule has 2 aromatic rings. The number of rotatable bonds is 3. The summed E-state index contributed by atoms with van der Waals surface area (Å²) in [6, 6.07) is 0. The van der Waals surface area contributed by atoms with Crippen molar-refractivity contribution in [2.24, 2.45) is 11.1 Å². The molecule has 1 saturated heterocycles. The fourth-order valence-corrected chi connectivity index (χ4v) is 3.03. The lowest BCUT2D eigenvalue weighted by atomic mass is 9.81. The van der Waals surface area contributed by atoms with Crippen LogP contribution in [0, 0.1) is 12.3 Å². The van der Waals surface area contributed by atoms with Crippen LogP contribution in [-0.2, 0) is 0 Å². The molecule has 0 spiro atoms. The summed E-state index contributed by atoms with van der Waals surface area (Å²) >= 11 is 1.62. The van der Waals surface area contributed by atoms with Crippen LogP contribution in [-0.4, -0.2) is 39.8 Å². The molecule has 7 heteroatoms. The van der Waals surface area contributed by atoms with Gasteiger partial charge in [0, 0.05) is 18.5 Å². The van der Waals surface area contributed by atoms with Gasteiger partial charge in [-0.05, 0) is 31.7 Å². The first kappa shape index (κ1) is 13.5. The molecular formula is C13H20N6S. The van der Waals surface area contributed by atoms with Crippen molar-refractivity contribution in [3.8, 4) is 11.5 Å². The SMILES string of the molecule is Cc1nc(-c2nc(N3CCC(C)(CN)CC3)n[nH]2)cs1. The Morgan fingerprint density at radius 3 is 2.75 bits per heavy atom. The second-order valence-corrected chi connectivity index (χ2v) is 6.80. The molecule has 0 radical (unpaired) electrons. The highest BCUT2D eigenvalue weighted by atomic mass is 32.1. The third-order valence-corrected chi connectivity index (χ3v) is 4.85. The van der Waals surface area contributed by atoms with Crippen LogP contribution in [0.25, 0.3) is 11.5 Å². The standard InChI is InChI=1S/C13H20N6S/c1-9-15-10(7-20-9)11-16-12(18-17-11)19-5-3-13(2,8-14)4-6-19/h7H,3-6,8,14H2,1-2H3,(H,16,17,18). The number of aryl methyl sites for hydroxylation is 1. The van der Waals surface area contributed by atoms with Crippen molar-refractivity contribution >= 4 is 17.3 Å². The van der Waals surface area contributed by atoms with Crippen molar-refractivity contribution < 1.29 is 0 Å². The molecule has 1 aliphatic rings. The number of aromatic nitrogens is 4. The molecule has 0 aromatic carbocycles. The highest BCUT2D eigenvalue weighted by Crippen LogP contribution is 2.31. The Balaban J connectivity index is 1.72. The van der Waals surface area contributed by atoms with Gasteiger partial charge in [-0.3, -0.25) is 5.10 Å². The number of hydrogen-bond donors (Lipinski definition) is 2. The minimum Gasteiger partial charge on any atom is -0.339 e. The maximum atomic E-state index is 5.84. The topological polar surface area (TPSA) is 83.7 Å². The average molecular weight is 292 g/mol. The van der Waals surface area contributed by atoms with Gasteiger partial charge in [-0.1, -0.05) is 6.92 Å². The van der Waals surface area contributed by atoms with Crippen LogP contribution in [0.3, 0.4) is 0 Å². The van der Waals surface area contributed by atoms with Gasteiger partial charge >= 0.3 is 0 Å². The predicted octanol–water partition coefficient (Wildman–Crippen LogP) is 1.80. The van der Waals surface area contributed by atoms with E-state index in [1.54, 1.807) is 11.3 Å². The van der Waals surface area contributed by atoms with E-state index < -0.39 is 0 Å². The molecular weight excluding hydrogens is 272 g/mol. The molecule has 0 atom stereocenters. The van der Waals surface area contributed by atoms with Gasteiger partial charge in [0.15, 0.2) is 5.82 Å². The molecule has 6 nitrogen and oxygen atoms in total. The molecule has 0 unspecified atom stereocenters. The van der Waals surface area contributed by atoms with Crippen molar-refractivity contribution in [1.29, 1.82) is 0 Å². The van der Waals surface area contributed by atoms with Gasteiger partial charge in [0.2, 0.25) is 5.95 Å². The molecule has 0 saturated carbocycles. The van der Waals surface area contributed by atoms with E-state index in [1.165, 1.54) is 0 Å². The van der Waals surface area contributed by atoms with E-state index in [9.17, 15) is 0 Å². The molecule has 2 aromatic heterocycles. The number of hydrogen-bond acceptors (Lipinski definition) is 6. The van der Waals surface area contributed by atoms with E-state index in [-0.39, 0.29) is 5.41 Å². The first-order valence-corrected chi connectivity index (χ1v) is 7.77. The number of anilines is 1. The van der Waals surface area contributed by atoms with E-state index in [0.29, 0.717) is 0 Å². The number of H-pyrrole nitrogens is 1. The molecule has 3 heterocycles. The Hall–Kier alpha value is -1.47. The predicted molar refractivity (Wildman–Crippen MR) is 80.8 cm³/mol. The molecule has 3 rings (SSSR count). The third-order valence-electron chi connectivity index (χ3n) is 4.08. The van der Waals surface area contributed by atoms with Crippen molar-refractivity contribution in [2.75, 3.05) is 24.5 Å². The zero-order valence-electron chi connectivity index (χ0n) is 11.9. The first-order chi connectivity index (χ1) is 9.59. The van der Waals surface area contributed by atoms with Crippen LogP contribution in [0.15, 0.2) is 5.38 Å². The van der Waals surface area contributed by atoms with Gasteiger partial charge in [-0.15, -0.1) is 16.4 Å². The molecule has 0 aliphatic carbocycles. The minimum atomic E-state index is 0.266. The Kier molecular flexibility index (Phi) is 3.47. The molecule has 3 N–H and O–H groups in total. The Morgan fingerprint density at radius 1 is 1.40 bits per heavy atom. The summed E-state index contributed by atoms with van der Waals surface area (Å²) in [5, 5.41) is 10.3. The van der Waals surface area contributed by atoms with Crippen LogP contribution in [0.4, 0.5) is 5.95 Å². The quantitative estimate of drug-likeness (QED) is 0.901. The van der Waals surface area contributed by atoms with Gasteiger partial charge in [0.1, 0.15) is 5.69 Å². The number of nitrogens with two attached hydrogens (primary N) is 1. The van der Waals surface area contributed by atoms with Crippen molar-refractivity contribution in [3.05, 3.63) is 10.4 Å². The second kappa shape index (κ2) is 5.14. The fraction of sp³-hybridized carbons (Fsp3) is 0.615. The first-order valence-electron chi connectivity index (χ1n) is 6.90. The summed E-state index contributed by atoms with van der Waals surface area (Å²) in [6.07, 6.45) is 2.17. The van der Waals surface area contributed by atoms with Crippen molar-refractivity contribution in [1.82, 2.24) is 20.2 Å². The van der Waals surface area contributed by atoms with Gasteiger partial charge in [-0.25, -0.2) is 4.98 Å². The summed E-state index contributed by atoms with van der Waals surface area (Å²) in [5.41, 5.74) is 6.98. The third kappa shape index (κ3) is 2.55. The van der Waals surface area contributed by atoms with Crippen molar-refractivity contribution in [3.63, 3.8) is 0 Å². The lowest BCUT2D eigenvalue weighted by Crippen LogP contribution is -2.42. The molecule has 108 valence electrons. The van der Waals surface area contributed by atoms with E-state index in [1.807, 2.05) is 12.3 Å². The number of thiazole rings is 1. The normalized spacial score (nSPS) is 18.4. The molecule has 1 fully saturated rings. The van der Waals surface area contributed by atoms with Gasteiger partial charge < -0.3 is 10.6 Å². The summed E-state index contributed by atoms with van der Waals surface area (Å²) in [4.78, 5) is 11.2. The van der Waals surface area contributed by atoms with Gasteiger partial charge in [0.05, 0.1) is 5.01 Å². The lowest BCUT2D eigenvalue weighted by molar-refractivity contribution is 0.257. The summed E-state index contributed by atoms with van der Waals surface area (Å²) in [6.45, 7) is 6.91. The van der Waals surface area contributed by atoms with E-state index >= 15 is 0 Å². The van der Waals surface area contributed by atoms with Crippen LogP contribution < -0.4 is 10.6 Å². The molecule has 20 heavy (non-hydrogen) atoms. The maximum absolute atomic E-state index is 5.84. The summed E-state index contributed by atoms with van der Waals surface area (Å²) < 4.78 is 0. The lowest BCUT2D eigenvalue weighted by Gasteiger charge is -2.38. The largest absolute Gasteiger partial charge is 0.339 e. The number of nitrogens with zero attached hydrogens (tertiary/aromatic N) is 4. The maximum Gasteiger partial charge on any atom is 0.245 e. The highest BCUT2D eigenvalue weighted by Gasteiger charge is 2.30. The zero-order valence-corrected chi connectivity index (χ0v) is 12.7. The second-order valence-electron chi connectivity index (χ2n) is 5.74. The Bertz CT molecular complexity index is 581. The van der Waals surface area contributed by atoms with Crippen LogP contribution in [0.1, 0.15) is 24.8 Å². The average Bonchev–Trinajstić information content (AvgIpc) is 3.08. The number of aromatic amines is 1. The molecule has 1 aliphatic heterocycles. The monoisotopic (exact) mass is 292 g/mol. The summed E-state index contributed by atoms with van der Waals surface area (Å²) in [5.74, 6) is 1.52. The van der Waals surface area contributed by atoms with Gasteiger partial charge in [0.25, 0.3) is 0 Å². The smallest absolute Gasteiger partial charge is 0.245 e. The molecule has 0 bridgehead atoms. The Morgan fingerprint density at radius 2 is 2.15 bits per heavy atom. The van der Waals surface area contributed by atoms with E-state index in [2.05, 4.69) is 32.0 Å². The minimum absolute atomic E-state index is 0.266. The number of piperidine rings is 1. The highest BCUT2D eigenvalue weighted by molar-refractivity contribution is 7.09. The molecule has 0 amide bonds. The van der Waals surface area contributed by atoms with E-state index in [4.69, 9.17) is 5.73 Å². The van der Waals surface area contributed by atoms with Gasteiger partial charge in [-0.2, -0.15) is 4.98 Å². The van der Waals surface area contributed by atoms with Crippen LogP contribution >= 0.6 is 11.3 Å². The van der Waals surface area contributed by atoms with Crippen molar-refractivity contribution in [2.45, 2.75) is 26.7 Å². The van der Waals surface area contributed by atoms with E-state index in [0.717, 1.165) is 55.0 Å². The number of nitrogens with one attached hydrogen (secondary N) is 1. The zero-order chi connectivity index (χ0) is 14.2. The Labute approximate surface area is 122 Å².